The second-order valence-electron chi connectivity index (χ2n) is 6.84. The normalized spacial score (nSPS) is 12.6. The lowest BCUT2D eigenvalue weighted by Crippen LogP contribution is -1.96. The zero-order valence-electron chi connectivity index (χ0n) is 16.0. The molecule has 0 aliphatic carbocycles. The Bertz CT molecular complexity index is 244. The molecule has 0 aromatic carbocycles. The van der Waals surface area contributed by atoms with Crippen LogP contribution in [-0.4, -0.2) is 29.4 Å². The standard InChI is InChI=1S/C20H42O2S/c1-3-4-15-18-22-19-16-13-11-9-7-5-6-8-10-12-14-17-20-23(2)21/h3-20H2,1-2H3. The summed E-state index contributed by atoms with van der Waals surface area (Å²) >= 11 is 0. The molecular formula is C20H42O2S. The van der Waals surface area contributed by atoms with Crippen LogP contribution in [0.3, 0.4) is 0 Å². The lowest BCUT2D eigenvalue weighted by atomic mass is 10.1. The van der Waals surface area contributed by atoms with E-state index in [4.69, 9.17) is 4.74 Å². The summed E-state index contributed by atoms with van der Waals surface area (Å²) in [6, 6.07) is 0. The summed E-state index contributed by atoms with van der Waals surface area (Å²) in [6.45, 7) is 4.16. The van der Waals surface area contributed by atoms with E-state index in [0.29, 0.717) is 0 Å². The van der Waals surface area contributed by atoms with E-state index < -0.39 is 10.8 Å². The quantitative estimate of drug-likeness (QED) is 0.258. The largest absolute Gasteiger partial charge is 0.381 e. The Labute approximate surface area is 148 Å². The summed E-state index contributed by atoms with van der Waals surface area (Å²) in [7, 11) is -0.592. The first-order chi connectivity index (χ1) is 11.3. The van der Waals surface area contributed by atoms with Gasteiger partial charge in [0.25, 0.3) is 0 Å². The second-order valence-corrected chi connectivity index (χ2v) is 8.39. The third-order valence-electron chi connectivity index (χ3n) is 4.36. The summed E-state index contributed by atoms with van der Waals surface area (Å²) in [6.07, 6.45) is 21.7. The Balaban J connectivity index is 2.96. The zero-order chi connectivity index (χ0) is 17.0. The average Bonchev–Trinajstić information content (AvgIpc) is 2.53. The molecule has 1 atom stereocenters. The van der Waals surface area contributed by atoms with Crippen LogP contribution in [0.4, 0.5) is 0 Å². The van der Waals surface area contributed by atoms with Crippen molar-refractivity contribution in [3.63, 3.8) is 0 Å². The average molecular weight is 347 g/mol. The molecule has 0 aromatic heterocycles. The molecule has 0 saturated heterocycles. The van der Waals surface area contributed by atoms with Gasteiger partial charge in [0.2, 0.25) is 0 Å². The number of rotatable bonds is 19. The van der Waals surface area contributed by atoms with Gasteiger partial charge in [-0.15, -0.1) is 0 Å². The van der Waals surface area contributed by atoms with Gasteiger partial charge in [0.1, 0.15) is 0 Å². The van der Waals surface area contributed by atoms with Crippen molar-refractivity contribution in [3.8, 4) is 0 Å². The maximum Gasteiger partial charge on any atom is 0.0466 e. The molecule has 0 aliphatic rings. The highest BCUT2D eigenvalue weighted by Gasteiger charge is 1.95. The lowest BCUT2D eigenvalue weighted by molar-refractivity contribution is 0.126. The van der Waals surface area contributed by atoms with Gasteiger partial charge in [-0.3, -0.25) is 4.21 Å². The highest BCUT2D eigenvalue weighted by molar-refractivity contribution is 7.84. The number of hydrogen-bond donors (Lipinski definition) is 0. The van der Waals surface area contributed by atoms with E-state index in [-0.39, 0.29) is 0 Å². The Morgan fingerprint density at radius 1 is 0.609 bits per heavy atom. The molecular weight excluding hydrogens is 304 g/mol. The number of ether oxygens (including phenoxy) is 1. The highest BCUT2D eigenvalue weighted by atomic mass is 32.2. The summed E-state index contributed by atoms with van der Waals surface area (Å²) in [5, 5.41) is 0. The first-order valence-corrected chi connectivity index (χ1v) is 11.9. The van der Waals surface area contributed by atoms with Crippen molar-refractivity contribution in [2.45, 2.75) is 103 Å². The van der Waals surface area contributed by atoms with Crippen LogP contribution < -0.4 is 0 Å². The molecule has 0 aliphatic heterocycles. The molecule has 0 saturated carbocycles. The highest BCUT2D eigenvalue weighted by Crippen LogP contribution is 2.12. The predicted molar refractivity (Wildman–Crippen MR) is 105 cm³/mol. The molecule has 140 valence electrons. The smallest absolute Gasteiger partial charge is 0.0466 e. The van der Waals surface area contributed by atoms with Gasteiger partial charge in [-0.25, -0.2) is 0 Å². The summed E-state index contributed by atoms with van der Waals surface area (Å²) in [4.78, 5) is 0. The van der Waals surface area contributed by atoms with Crippen LogP contribution in [0, 0.1) is 0 Å². The van der Waals surface area contributed by atoms with Crippen LogP contribution in [0.15, 0.2) is 0 Å². The third-order valence-corrected chi connectivity index (χ3v) is 5.23. The van der Waals surface area contributed by atoms with Gasteiger partial charge in [0.15, 0.2) is 0 Å². The molecule has 0 fully saturated rings. The molecule has 0 N–H and O–H groups in total. The fourth-order valence-electron chi connectivity index (χ4n) is 2.83. The third kappa shape index (κ3) is 22.1. The predicted octanol–water partition coefficient (Wildman–Crippen LogP) is 6.25. The maximum absolute atomic E-state index is 10.9. The lowest BCUT2D eigenvalue weighted by Gasteiger charge is -2.04. The minimum absolute atomic E-state index is 0.592. The summed E-state index contributed by atoms with van der Waals surface area (Å²) < 4.78 is 16.6. The molecule has 0 heterocycles. The van der Waals surface area contributed by atoms with E-state index in [0.717, 1.165) is 25.4 Å². The molecule has 23 heavy (non-hydrogen) atoms. The van der Waals surface area contributed by atoms with Crippen LogP contribution in [0.25, 0.3) is 0 Å². The van der Waals surface area contributed by atoms with Crippen LogP contribution in [0.1, 0.15) is 103 Å². The SMILES string of the molecule is CCCCCOCCCCCCCCCCCCCCS(C)=O. The van der Waals surface area contributed by atoms with E-state index in [1.807, 2.05) is 0 Å². The van der Waals surface area contributed by atoms with Crippen molar-refractivity contribution in [1.82, 2.24) is 0 Å². The first kappa shape index (κ1) is 23.1. The molecule has 0 spiro atoms. The number of unbranched alkanes of at least 4 members (excludes halogenated alkanes) is 13. The van der Waals surface area contributed by atoms with E-state index in [2.05, 4.69) is 6.92 Å². The van der Waals surface area contributed by atoms with E-state index >= 15 is 0 Å². The molecule has 0 amide bonds. The van der Waals surface area contributed by atoms with Crippen molar-refractivity contribution in [2.24, 2.45) is 0 Å². The Morgan fingerprint density at radius 3 is 1.43 bits per heavy atom. The minimum Gasteiger partial charge on any atom is -0.381 e. The number of hydrogen-bond acceptors (Lipinski definition) is 2. The summed E-state index contributed by atoms with van der Waals surface area (Å²) in [5.74, 6) is 0.893. The fourth-order valence-corrected chi connectivity index (χ4v) is 3.44. The topological polar surface area (TPSA) is 26.3 Å². The van der Waals surface area contributed by atoms with Crippen LogP contribution in [0.5, 0.6) is 0 Å². The summed E-state index contributed by atoms with van der Waals surface area (Å²) in [5.41, 5.74) is 0. The van der Waals surface area contributed by atoms with Crippen LogP contribution >= 0.6 is 0 Å². The Hall–Kier alpha value is 0.110. The molecule has 0 radical (unpaired) electrons. The van der Waals surface area contributed by atoms with Gasteiger partial charge in [0.05, 0.1) is 0 Å². The molecule has 0 rings (SSSR count). The van der Waals surface area contributed by atoms with Gasteiger partial charge < -0.3 is 4.74 Å². The van der Waals surface area contributed by atoms with Gasteiger partial charge in [-0.05, 0) is 19.3 Å². The first-order valence-electron chi connectivity index (χ1n) is 10.1. The van der Waals surface area contributed by atoms with Crippen molar-refractivity contribution in [1.29, 1.82) is 0 Å². The van der Waals surface area contributed by atoms with Gasteiger partial charge in [0, 0.05) is 36.0 Å². The Morgan fingerprint density at radius 2 is 1.00 bits per heavy atom. The van der Waals surface area contributed by atoms with E-state index in [1.165, 1.54) is 89.9 Å². The fraction of sp³-hybridized carbons (Fsp3) is 1.00. The molecule has 2 nitrogen and oxygen atoms in total. The van der Waals surface area contributed by atoms with Crippen molar-refractivity contribution < 1.29 is 8.95 Å². The van der Waals surface area contributed by atoms with Crippen LogP contribution in [-0.2, 0) is 15.5 Å². The molecule has 0 bridgehead atoms. The van der Waals surface area contributed by atoms with E-state index in [9.17, 15) is 4.21 Å². The minimum atomic E-state index is -0.592. The van der Waals surface area contributed by atoms with Crippen molar-refractivity contribution in [3.05, 3.63) is 0 Å². The molecule has 0 aromatic rings. The second kappa shape index (κ2) is 20.2. The van der Waals surface area contributed by atoms with E-state index in [1.54, 1.807) is 6.26 Å². The molecule has 1 unspecified atom stereocenters. The van der Waals surface area contributed by atoms with Crippen molar-refractivity contribution >= 4 is 10.8 Å². The monoisotopic (exact) mass is 346 g/mol. The van der Waals surface area contributed by atoms with Gasteiger partial charge in [-0.1, -0.05) is 84.0 Å². The van der Waals surface area contributed by atoms with Gasteiger partial charge >= 0.3 is 0 Å². The van der Waals surface area contributed by atoms with Gasteiger partial charge in [-0.2, -0.15) is 0 Å². The molecule has 3 heteroatoms. The Kier molecular flexibility index (Phi) is 20.3. The van der Waals surface area contributed by atoms with Crippen LogP contribution in [0.2, 0.25) is 0 Å². The van der Waals surface area contributed by atoms with Crippen molar-refractivity contribution in [2.75, 3.05) is 25.2 Å². The zero-order valence-corrected chi connectivity index (χ0v) is 16.8. The maximum atomic E-state index is 10.9.